The van der Waals surface area contributed by atoms with Gasteiger partial charge in [-0.05, 0) is 27.2 Å². The van der Waals surface area contributed by atoms with Crippen LogP contribution in [0.4, 0.5) is 0 Å². The lowest BCUT2D eigenvalue weighted by atomic mass is 10.1. The van der Waals surface area contributed by atoms with Crippen molar-refractivity contribution in [2.75, 3.05) is 13.2 Å². The van der Waals surface area contributed by atoms with Gasteiger partial charge in [0.05, 0.1) is 24.4 Å². The van der Waals surface area contributed by atoms with E-state index in [-0.39, 0.29) is 17.6 Å². The molecule has 0 saturated carbocycles. The minimum atomic E-state index is -0.400. The third-order valence-electron chi connectivity index (χ3n) is 2.51. The van der Waals surface area contributed by atoms with E-state index in [2.05, 4.69) is 0 Å². The van der Waals surface area contributed by atoms with Crippen LogP contribution in [0.25, 0.3) is 0 Å². The van der Waals surface area contributed by atoms with Gasteiger partial charge >= 0.3 is 0 Å². The van der Waals surface area contributed by atoms with Crippen LogP contribution in [0.15, 0.2) is 0 Å². The molecule has 1 N–H and O–H groups in total. The molecular formula is C11H21NO3. The van der Waals surface area contributed by atoms with Crippen LogP contribution in [0.1, 0.15) is 34.1 Å². The fraction of sp³-hybridized carbons (Fsp3) is 0.909. The molecule has 0 aromatic rings. The maximum atomic E-state index is 11.3. The number of hydrogen-bond donors (Lipinski definition) is 1. The van der Waals surface area contributed by atoms with Gasteiger partial charge in [-0.15, -0.1) is 0 Å². The number of carbonyl (C=O) groups is 1. The molecule has 0 radical (unpaired) electrons. The molecule has 0 spiro atoms. The largest absolute Gasteiger partial charge is 0.391 e. The van der Waals surface area contributed by atoms with E-state index < -0.39 is 6.10 Å². The van der Waals surface area contributed by atoms with Crippen LogP contribution < -0.4 is 0 Å². The van der Waals surface area contributed by atoms with Crippen molar-refractivity contribution in [1.29, 1.82) is 0 Å². The minimum Gasteiger partial charge on any atom is -0.391 e. The topological polar surface area (TPSA) is 49.8 Å². The molecule has 15 heavy (non-hydrogen) atoms. The smallest absolute Gasteiger partial charge is 0.219 e. The van der Waals surface area contributed by atoms with E-state index >= 15 is 0 Å². The molecule has 1 aliphatic heterocycles. The SMILES string of the molecule is CC(=O)N1C[C@H](O)CC1COC(C)(C)C. The third-order valence-corrected chi connectivity index (χ3v) is 2.51. The van der Waals surface area contributed by atoms with Gasteiger partial charge in [0.15, 0.2) is 0 Å². The standard InChI is InChI=1S/C11H21NO3/c1-8(13)12-6-10(14)5-9(12)7-15-11(2,3)4/h9-10,14H,5-7H2,1-4H3/t9?,10-/m1/s1. The monoisotopic (exact) mass is 215 g/mol. The summed E-state index contributed by atoms with van der Waals surface area (Å²) in [6.45, 7) is 8.42. The zero-order valence-corrected chi connectivity index (χ0v) is 9.99. The van der Waals surface area contributed by atoms with E-state index in [4.69, 9.17) is 4.74 Å². The van der Waals surface area contributed by atoms with Crippen LogP contribution in [0, 0.1) is 0 Å². The molecule has 88 valence electrons. The summed E-state index contributed by atoms with van der Waals surface area (Å²) < 4.78 is 5.64. The number of hydrogen-bond acceptors (Lipinski definition) is 3. The van der Waals surface area contributed by atoms with Crippen molar-refractivity contribution in [2.24, 2.45) is 0 Å². The molecule has 1 saturated heterocycles. The second-order valence-electron chi connectivity index (χ2n) is 5.14. The van der Waals surface area contributed by atoms with Gasteiger partial charge in [-0.25, -0.2) is 0 Å². The first-order valence-electron chi connectivity index (χ1n) is 5.39. The number of aliphatic hydroxyl groups is 1. The molecule has 0 aromatic heterocycles. The molecule has 0 aromatic carbocycles. The maximum absolute atomic E-state index is 11.3. The highest BCUT2D eigenvalue weighted by Gasteiger charge is 2.33. The van der Waals surface area contributed by atoms with E-state index in [1.807, 2.05) is 20.8 Å². The van der Waals surface area contributed by atoms with Gasteiger partial charge in [-0.1, -0.05) is 0 Å². The predicted molar refractivity (Wildman–Crippen MR) is 57.5 cm³/mol. The number of ether oxygens (including phenoxy) is 1. The molecule has 1 fully saturated rings. The summed E-state index contributed by atoms with van der Waals surface area (Å²) in [5.41, 5.74) is -0.198. The lowest BCUT2D eigenvalue weighted by Gasteiger charge is -2.27. The van der Waals surface area contributed by atoms with Gasteiger partial charge in [0.25, 0.3) is 0 Å². The molecular weight excluding hydrogens is 194 g/mol. The first kappa shape index (κ1) is 12.5. The van der Waals surface area contributed by atoms with Crippen LogP contribution in [0.3, 0.4) is 0 Å². The average molecular weight is 215 g/mol. The summed E-state index contributed by atoms with van der Waals surface area (Å²) in [7, 11) is 0. The number of aliphatic hydroxyl groups excluding tert-OH is 1. The van der Waals surface area contributed by atoms with Crippen molar-refractivity contribution in [3.05, 3.63) is 0 Å². The summed E-state index contributed by atoms with van der Waals surface area (Å²) in [5.74, 6) is 0.00839. The first-order valence-corrected chi connectivity index (χ1v) is 5.39. The molecule has 1 heterocycles. The normalized spacial score (nSPS) is 27.1. The van der Waals surface area contributed by atoms with Gasteiger partial charge in [0, 0.05) is 13.5 Å². The number of nitrogens with zero attached hydrogens (tertiary/aromatic N) is 1. The molecule has 4 heteroatoms. The van der Waals surface area contributed by atoms with E-state index in [0.717, 1.165) is 0 Å². The quantitative estimate of drug-likeness (QED) is 0.740. The highest BCUT2D eigenvalue weighted by molar-refractivity contribution is 5.74. The Labute approximate surface area is 91.2 Å². The Morgan fingerprint density at radius 2 is 2.13 bits per heavy atom. The predicted octanol–water partition coefficient (Wildman–Crippen LogP) is 0.783. The zero-order valence-electron chi connectivity index (χ0n) is 9.99. The van der Waals surface area contributed by atoms with Crippen LogP contribution in [0.5, 0.6) is 0 Å². The van der Waals surface area contributed by atoms with E-state index in [0.29, 0.717) is 19.6 Å². The van der Waals surface area contributed by atoms with Crippen molar-refractivity contribution in [2.45, 2.75) is 51.9 Å². The van der Waals surface area contributed by atoms with Gasteiger partial charge in [0.2, 0.25) is 5.91 Å². The van der Waals surface area contributed by atoms with Crippen molar-refractivity contribution >= 4 is 5.91 Å². The van der Waals surface area contributed by atoms with Gasteiger partial charge in [-0.3, -0.25) is 4.79 Å². The molecule has 4 nitrogen and oxygen atoms in total. The highest BCUT2D eigenvalue weighted by atomic mass is 16.5. The van der Waals surface area contributed by atoms with Crippen molar-refractivity contribution in [1.82, 2.24) is 4.90 Å². The number of carbonyl (C=O) groups excluding carboxylic acids is 1. The average Bonchev–Trinajstić information content (AvgIpc) is 2.42. The van der Waals surface area contributed by atoms with E-state index in [1.165, 1.54) is 6.92 Å². The van der Waals surface area contributed by atoms with Crippen LogP contribution in [0.2, 0.25) is 0 Å². The van der Waals surface area contributed by atoms with Gasteiger partial charge < -0.3 is 14.7 Å². The summed E-state index contributed by atoms with van der Waals surface area (Å²) >= 11 is 0. The van der Waals surface area contributed by atoms with Crippen LogP contribution >= 0.6 is 0 Å². The maximum Gasteiger partial charge on any atom is 0.219 e. The van der Waals surface area contributed by atoms with Crippen molar-refractivity contribution in [3.8, 4) is 0 Å². The summed E-state index contributed by atoms with van der Waals surface area (Å²) in [6.07, 6.45) is 0.220. The minimum absolute atomic E-state index is 0.00839. The second-order valence-corrected chi connectivity index (χ2v) is 5.14. The summed E-state index contributed by atoms with van der Waals surface area (Å²) in [6, 6.07) is 0.0247. The number of amides is 1. The number of β-amino-alcohol motifs (C(OH)–C–C–N with tert-alkyl or cyclic N) is 1. The third kappa shape index (κ3) is 3.80. The Hall–Kier alpha value is -0.610. The molecule has 2 atom stereocenters. The van der Waals surface area contributed by atoms with Crippen LogP contribution in [-0.4, -0.2) is 46.8 Å². The van der Waals surface area contributed by atoms with Crippen molar-refractivity contribution in [3.63, 3.8) is 0 Å². The Balaban J connectivity index is 2.49. The Morgan fingerprint density at radius 3 is 2.60 bits per heavy atom. The lowest BCUT2D eigenvalue weighted by Crippen LogP contribution is -2.38. The molecule has 1 aliphatic rings. The first-order chi connectivity index (χ1) is 6.79. The lowest BCUT2D eigenvalue weighted by molar-refractivity contribution is -0.132. The van der Waals surface area contributed by atoms with Crippen LogP contribution in [-0.2, 0) is 9.53 Å². The van der Waals surface area contributed by atoms with Crippen molar-refractivity contribution < 1.29 is 14.6 Å². The molecule has 1 amide bonds. The number of rotatable bonds is 2. The van der Waals surface area contributed by atoms with E-state index in [9.17, 15) is 9.90 Å². The highest BCUT2D eigenvalue weighted by Crippen LogP contribution is 2.20. The Bertz CT molecular complexity index is 234. The molecule has 1 unspecified atom stereocenters. The summed E-state index contributed by atoms with van der Waals surface area (Å²) in [4.78, 5) is 13.0. The zero-order chi connectivity index (χ0) is 11.6. The second kappa shape index (κ2) is 4.49. The Kier molecular flexibility index (Phi) is 3.73. The molecule has 0 bridgehead atoms. The fourth-order valence-electron chi connectivity index (χ4n) is 1.78. The number of likely N-dealkylation sites (tertiary alicyclic amines) is 1. The Morgan fingerprint density at radius 1 is 1.53 bits per heavy atom. The van der Waals surface area contributed by atoms with E-state index in [1.54, 1.807) is 4.90 Å². The summed E-state index contributed by atoms with van der Waals surface area (Å²) in [5, 5.41) is 9.50. The molecule has 1 rings (SSSR count). The van der Waals surface area contributed by atoms with Gasteiger partial charge in [-0.2, -0.15) is 0 Å². The molecule has 0 aliphatic carbocycles. The van der Waals surface area contributed by atoms with Gasteiger partial charge in [0.1, 0.15) is 0 Å². The fourth-order valence-corrected chi connectivity index (χ4v) is 1.78.